The molecule has 0 aromatic heterocycles. The Balaban J connectivity index is 1.29. The lowest BCUT2D eigenvalue weighted by molar-refractivity contribution is -0.132. The van der Waals surface area contributed by atoms with Crippen molar-refractivity contribution < 1.29 is 18.0 Å². The number of carbonyl (C=O) groups is 2. The van der Waals surface area contributed by atoms with Crippen LogP contribution < -0.4 is 4.31 Å². The third-order valence-electron chi connectivity index (χ3n) is 6.10. The Morgan fingerprint density at radius 1 is 0.844 bits per heavy atom. The van der Waals surface area contributed by atoms with Crippen molar-refractivity contribution in [3.8, 4) is 0 Å². The highest BCUT2D eigenvalue weighted by molar-refractivity contribution is 7.93. The van der Waals surface area contributed by atoms with Gasteiger partial charge in [0.1, 0.15) is 0 Å². The number of benzene rings is 2. The van der Waals surface area contributed by atoms with Crippen LogP contribution in [0.5, 0.6) is 0 Å². The van der Waals surface area contributed by atoms with Crippen LogP contribution in [0.15, 0.2) is 54.6 Å². The Bertz CT molecular complexity index is 1060. The van der Waals surface area contributed by atoms with E-state index >= 15 is 0 Å². The van der Waals surface area contributed by atoms with E-state index in [0.29, 0.717) is 56.8 Å². The Hall–Kier alpha value is -2.87. The molecule has 0 saturated carbocycles. The number of carbonyl (C=O) groups excluding carboxylic acids is 2. The molecule has 0 spiro atoms. The Kier molecular flexibility index (Phi) is 6.79. The fourth-order valence-electron chi connectivity index (χ4n) is 4.31. The smallest absolute Gasteiger partial charge is 0.254 e. The lowest BCUT2D eigenvalue weighted by Crippen LogP contribution is -2.50. The maximum absolute atomic E-state index is 13.0. The molecule has 2 aromatic rings. The van der Waals surface area contributed by atoms with Gasteiger partial charge >= 0.3 is 0 Å². The summed E-state index contributed by atoms with van der Waals surface area (Å²) in [4.78, 5) is 29.1. The lowest BCUT2D eigenvalue weighted by Gasteiger charge is -2.35. The number of piperazine rings is 1. The van der Waals surface area contributed by atoms with Gasteiger partial charge < -0.3 is 9.80 Å². The van der Waals surface area contributed by atoms with Gasteiger partial charge in [0.05, 0.1) is 11.4 Å². The normalized spacial score (nSPS) is 18.1. The van der Waals surface area contributed by atoms with E-state index in [1.54, 1.807) is 29.2 Å². The average molecular weight is 456 g/mol. The van der Waals surface area contributed by atoms with Crippen molar-refractivity contribution in [1.82, 2.24) is 9.80 Å². The summed E-state index contributed by atoms with van der Waals surface area (Å²) in [5, 5.41) is 0. The SMILES string of the molecule is O=C(CCCc1ccccc1)N1CCN(C(=O)c2cccc(N3CCCS3(=O)=O)c2)CC1. The number of hydrogen-bond donors (Lipinski definition) is 0. The molecule has 0 radical (unpaired) electrons. The van der Waals surface area contributed by atoms with Crippen molar-refractivity contribution in [3.05, 3.63) is 65.7 Å². The summed E-state index contributed by atoms with van der Waals surface area (Å²) in [6.07, 6.45) is 2.80. The molecule has 0 N–H and O–H groups in total. The maximum Gasteiger partial charge on any atom is 0.254 e. The molecule has 7 nitrogen and oxygen atoms in total. The number of amides is 2. The molecular formula is C24H29N3O4S. The molecule has 32 heavy (non-hydrogen) atoms. The summed E-state index contributed by atoms with van der Waals surface area (Å²) < 4.78 is 25.8. The van der Waals surface area contributed by atoms with Crippen LogP contribution in [-0.2, 0) is 21.2 Å². The van der Waals surface area contributed by atoms with Crippen molar-refractivity contribution in [2.24, 2.45) is 0 Å². The molecule has 4 rings (SSSR count). The van der Waals surface area contributed by atoms with Gasteiger partial charge in [-0.25, -0.2) is 8.42 Å². The van der Waals surface area contributed by atoms with E-state index in [9.17, 15) is 18.0 Å². The lowest BCUT2D eigenvalue weighted by atomic mass is 10.1. The topological polar surface area (TPSA) is 78.0 Å². The summed E-state index contributed by atoms with van der Waals surface area (Å²) >= 11 is 0. The quantitative estimate of drug-likeness (QED) is 0.671. The van der Waals surface area contributed by atoms with Gasteiger partial charge in [0.2, 0.25) is 15.9 Å². The molecule has 2 fully saturated rings. The van der Waals surface area contributed by atoms with Gasteiger partial charge in [0, 0.05) is 44.7 Å². The summed E-state index contributed by atoms with van der Waals surface area (Å²) in [5.41, 5.74) is 2.26. The van der Waals surface area contributed by atoms with Gasteiger partial charge in [-0.2, -0.15) is 0 Å². The third-order valence-corrected chi connectivity index (χ3v) is 7.97. The van der Waals surface area contributed by atoms with Gasteiger partial charge in [-0.05, 0) is 43.0 Å². The first-order valence-corrected chi connectivity index (χ1v) is 12.8. The zero-order valence-corrected chi connectivity index (χ0v) is 19.0. The van der Waals surface area contributed by atoms with Crippen LogP contribution in [0.1, 0.15) is 35.2 Å². The fourth-order valence-corrected chi connectivity index (χ4v) is 5.87. The van der Waals surface area contributed by atoms with E-state index in [1.807, 2.05) is 23.1 Å². The predicted molar refractivity (Wildman–Crippen MR) is 124 cm³/mol. The largest absolute Gasteiger partial charge is 0.339 e. The summed E-state index contributed by atoms with van der Waals surface area (Å²) in [6.45, 7) is 2.46. The summed E-state index contributed by atoms with van der Waals surface area (Å²) in [6, 6.07) is 17.0. The molecule has 2 aliphatic rings. The van der Waals surface area contributed by atoms with Crippen molar-refractivity contribution in [1.29, 1.82) is 0 Å². The zero-order valence-electron chi connectivity index (χ0n) is 18.2. The molecular weight excluding hydrogens is 426 g/mol. The van der Waals surface area contributed by atoms with Crippen LogP contribution in [0, 0.1) is 0 Å². The van der Waals surface area contributed by atoms with Crippen molar-refractivity contribution >= 4 is 27.5 Å². The molecule has 0 bridgehead atoms. The van der Waals surface area contributed by atoms with Crippen LogP contribution >= 0.6 is 0 Å². The molecule has 2 aromatic carbocycles. The van der Waals surface area contributed by atoms with Gasteiger partial charge in [-0.3, -0.25) is 13.9 Å². The second-order valence-electron chi connectivity index (χ2n) is 8.30. The molecule has 170 valence electrons. The summed E-state index contributed by atoms with van der Waals surface area (Å²) in [5.74, 6) is 0.154. The highest BCUT2D eigenvalue weighted by atomic mass is 32.2. The number of nitrogens with zero attached hydrogens (tertiary/aromatic N) is 3. The highest BCUT2D eigenvalue weighted by Gasteiger charge is 2.30. The first-order chi connectivity index (χ1) is 15.4. The summed E-state index contributed by atoms with van der Waals surface area (Å²) in [7, 11) is -3.29. The first-order valence-electron chi connectivity index (χ1n) is 11.2. The van der Waals surface area contributed by atoms with Gasteiger partial charge in [0.15, 0.2) is 0 Å². The van der Waals surface area contributed by atoms with E-state index in [0.717, 1.165) is 12.8 Å². The number of anilines is 1. The monoisotopic (exact) mass is 455 g/mol. The first kappa shape index (κ1) is 22.3. The number of sulfonamides is 1. The Morgan fingerprint density at radius 2 is 1.56 bits per heavy atom. The zero-order chi connectivity index (χ0) is 22.6. The maximum atomic E-state index is 13.0. The van der Waals surface area contributed by atoms with E-state index in [-0.39, 0.29) is 17.6 Å². The molecule has 0 atom stereocenters. The predicted octanol–water partition coefficient (Wildman–Crippen LogP) is 2.53. The molecule has 0 aliphatic carbocycles. The van der Waals surface area contributed by atoms with E-state index < -0.39 is 10.0 Å². The van der Waals surface area contributed by atoms with E-state index in [2.05, 4.69) is 12.1 Å². The molecule has 2 amide bonds. The molecule has 8 heteroatoms. The highest BCUT2D eigenvalue weighted by Crippen LogP contribution is 2.25. The van der Waals surface area contributed by atoms with Crippen LogP contribution in [0.4, 0.5) is 5.69 Å². The fraction of sp³-hybridized carbons (Fsp3) is 0.417. The third kappa shape index (κ3) is 5.12. The van der Waals surface area contributed by atoms with Gasteiger partial charge in [-0.1, -0.05) is 36.4 Å². The van der Waals surface area contributed by atoms with E-state index in [1.165, 1.54) is 9.87 Å². The number of aryl methyl sites for hydroxylation is 1. The number of hydrogen-bond acceptors (Lipinski definition) is 4. The average Bonchev–Trinajstić information content (AvgIpc) is 3.18. The van der Waals surface area contributed by atoms with E-state index in [4.69, 9.17) is 0 Å². The van der Waals surface area contributed by atoms with Gasteiger partial charge in [0.25, 0.3) is 5.91 Å². The van der Waals surface area contributed by atoms with Gasteiger partial charge in [-0.15, -0.1) is 0 Å². The van der Waals surface area contributed by atoms with Crippen LogP contribution in [0.25, 0.3) is 0 Å². The van der Waals surface area contributed by atoms with Crippen molar-refractivity contribution in [2.75, 3.05) is 42.8 Å². The minimum Gasteiger partial charge on any atom is -0.339 e. The van der Waals surface area contributed by atoms with Crippen LogP contribution in [0.3, 0.4) is 0 Å². The van der Waals surface area contributed by atoms with Crippen LogP contribution in [-0.4, -0.2) is 68.5 Å². The standard InChI is InChI=1S/C24H29N3O4S/c28-23(12-4-9-20-7-2-1-3-8-20)25-14-16-26(17-15-25)24(29)21-10-5-11-22(19-21)27-13-6-18-32(27,30)31/h1-3,5,7-8,10-11,19H,4,6,9,12-18H2. The molecule has 2 saturated heterocycles. The second-order valence-corrected chi connectivity index (χ2v) is 10.3. The molecule has 0 unspecified atom stereocenters. The minimum absolute atomic E-state index is 0.125. The second kappa shape index (κ2) is 9.73. The van der Waals surface area contributed by atoms with Crippen molar-refractivity contribution in [2.45, 2.75) is 25.7 Å². The molecule has 2 heterocycles. The molecule has 2 aliphatic heterocycles. The minimum atomic E-state index is -3.29. The number of rotatable bonds is 6. The Morgan fingerprint density at radius 3 is 2.25 bits per heavy atom. The van der Waals surface area contributed by atoms with Crippen molar-refractivity contribution in [3.63, 3.8) is 0 Å². The Labute approximate surface area is 189 Å². The van der Waals surface area contributed by atoms with Crippen LogP contribution in [0.2, 0.25) is 0 Å².